The van der Waals surface area contributed by atoms with Crippen molar-refractivity contribution in [3.05, 3.63) is 0 Å². The van der Waals surface area contributed by atoms with E-state index in [1.165, 1.54) is 0 Å². The summed E-state index contributed by atoms with van der Waals surface area (Å²) in [5.41, 5.74) is -0.0291. The SMILES string of the molecule is COC1CN(C(=N)C(C)(C)C)C1. The van der Waals surface area contributed by atoms with E-state index in [0.717, 1.165) is 18.9 Å². The van der Waals surface area contributed by atoms with Crippen LogP contribution in [0.15, 0.2) is 0 Å². The quantitative estimate of drug-likeness (QED) is 0.476. The molecule has 0 radical (unpaired) electrons. The van der Waals surface area contributed by atoms with E-state index < -0.39 is 0 Å². The van der Waals surface area contributed by atoms with Crippen LogP contribution in [0.25, 0.3) is 0 Å². The van der Waals surface area contributed by atoms with Gasteiger partial charge in [-0.25, -0.2) is 0 Å². The number of nitrogens with one attached hydrogen (secondary N) is 1. The second kappa shape index (κ2) is 3.05. The number of amidine groups is 1. The van der Waals surface area contributed by atoms with Crippen molar-refractivity contribution >= 4 is 5.84 Å². The normalized spacial score (nSPS) is 19.2. The fraction of sp³-hybridized carbons (Fsp3) is 0.889. The van der Waals surface area contributed by atoms with Crippen LogP contribution in [0.2, 0.25) is 0 Å². The Balaban J connectivity index is 2.39. The van der Waals surface area contributed by atoms with Gasteiger partial charge in [0.15, 0.2) is 0 Å². The van der Waals surface area contributed by atoms with Gasteiger partial charge in [0.1, 0.15) is 5.84 Å². The van der Waals surface area contributed by atoms with Crippen molar-refractivity contribution in [1.82, 2.24) is 4.90 Å². The largest absolute Gasteiger partial charge is 0.378 e. The Labute approximate surface area is 74.2 Å². The maximum absolute atomic E-state index is 7.83. The van der Waals surface area contributed by atoms with E-state index in [-0.39, 0.29) is 5.41 Å². The summed E-state index contributed by atoms with van der Waals surface area (Å²) in [4.78, 5) is 2.06. The maximum atomic E-state index is 7.83. The molecule has 0 aromatic carbocycles. The summed E-state index contributed by atoms with van der Waals surface area (Å²) in [5, 5.41) is 7.83. The molecule has 0 bridgehead atoms. The van der Waals surface area contributed by atoms with E-state index in [1.54, 1.807) is 7.11 Å². The summed E-state index contributed by atoms with van der Waals surface area (Å²) < 4.78 is 5.14. The van der Waals surface area contributed by atoms with Crippen LogP contribution in [0.3, 0.4) is 0 Å². The van der Waals surface area contributed by atoms with Crippen molar-refractivity contribution in [3.63, 3.8) is 0 Å². The number of ether oxygens (including phenoxy) is 1. The Bertz CT molecular complexity index is 177. The molecule has 1 saturated heterocycles. The average Bonchev–Trinajstić information content (AvgIpc) is 1.83. The summed E-state index contributed by atoms with van der Waals surface area (Å²) in [6.07, 6.45) is 0.340. The molecule has 1 rings (SSSR count). The molecule has 0 unspecified atom stereocenters. The van der Waals surface area contributed by atoms with Crippen molar-refractivity contribution in [2.24, 2.45) is 5.41 Å². The fourth-order valence-corrected chi connectivity index (χ4v) is 1.24. The first-order chi connectivity index (χ1) is 5.45. The second-order valence-corrected chi connectivity index (χ2v) is 4.36. The molecular weight excluding hydrogens is 152 g/mol. The topological polar surface area (TPSA) is 36.3 Å². The smallest absolute Gasteiger partial charge is 0.101 e. The highest BCUT2D eigenvalue weighted by Gasteiger charge is 2.33. The van der Waals surface area contributed by atoms with Gasteiger partial charge in [-0.05, 0) is 0 Å². The molecule has 1 aliphatic rings. The molecule has 0 aromatic heterocycles. The van der Waals surface area contributed by atoms with Crippen molar-refractivity contribution in [2.45, 2.75) is 26.9 Å². The summed E-state index contributed by atoms with van der Waals surface area (Å²) in [6.45, 7) is 7.96. The minimum absolute atomic E-state index is 0.0291. The van der Waals surface area contributed by atoms with Gasteiger partial charge in [-0.1, -0.05) is 20.8 Å². The molecule has 3 heteroatoms. The van der Waals surface area contributed by atoms with Gasteiger partial charge >= 0.3 is 0 Å². The van der Waals surface area contributed by atoms with Crippen molar-refractivity contribution in [2.75, 3.05) is 20.2 Å². The molecule has 0 amide bonds. The standard InChI is InChI=1S/C9H18N2O/c1-9(2,3)8(10)11-5-7(6-11)12-4/h7,10H,5-6H2,1-4H3. The minimum Gasteiger partial charge on any atom is -0.378 e. The predicted molar refractivity (Wildman–Crippen MR) is 49.6 cm³/mol. The van der Waals surface area contributed by atoms with Gasteiger partial charge in [0.05, 0.1) is 6.10 Å². The average molecular weight is 170 g/mol. The van der Waals surface area contributed by atoms with Gasteiger partial charge in [0.2, 0.25) is 0 Å². The lowest BCUT2D eigenvalue weighted by Gasteiger charge is -2.43. The molecule has 0 atom stereocenters. The van der Waals surface area contributed by atoms with E-state index >= 15 is 0 Å². The molecule has 1 aliphatic heterocycles. The van der Waals surface area contributed by atoms with Gasteiger partial charge in [0, 0.05) is 25.6 Å². The van der Waals surface area contributed by atoms with Gasteiger partial charge in [-0.15, -0.1) is 0 Å². The zero-order valence-electron chi connectivity index (χ0n) is 8.35. The number of rotatable bonds is 1. The Morgan fingerprint density at radius 2 is 1.92 bits per heavy atom. The minimum atomic E-state index is -0.0291. The number of hydrogen-bond donors (Lipinski definition) is 1. The highest BCUT2D eigenvalue weighted by atomic mass is 16.5. The van der Waals surface area contributed by atoms with Crippen LogP contribution in [0.4, 0.5) is 0 Å². The molecule has 3 nitrogen and oxygen atoms in total. The molecule has 70 valence electrons. The Kier molecular flexibility index (Phi) is 2.42. The molecule has 1 fully saturated rings. The summed E-state index contributed by atoms with van der Waals surface area (Å²) >= 11 is 0. The number of hydrogen-bond acceptors (Lipinski definition) is 2. The first-order valence-corrected chi connectivity index (χ1v) is 4.32. The molecule has 1 heterocycles. The third kappa shape index (κ3) is 1.78. The Hall–Kier alpha value is -0.570. The lowest BCUT2D eigenvalue weighted by molar-refractivity contribution is 0.00168. The summed E-state index contributed by atoms with van der Waals surface area (Å²) in [6, 6.07) is 0. The summed E-state index contributed by atoms with van der Waals surface area (Å²) in [5.74, 6) is 0.718. The predicted octanol–water partition coefficient (Wildman–Crippen LogP) is 1.34. The van der Waals surface area contributed by atoms with Crippen LogP contribution in [-0.4, -0.2) is 37.0 Å². The third-order valence-corrected chi connectivity index (χ3v) is 2.21. The van der Waals surface area contributed by atoms with Crippen LogP contribution in [-0.2, 0) is 4.74 Å². The van der Waals surface area contributed by atoms with E-state index in [4.69, 9.17) is 10.1 Å². The highest BCUT2D eigenvalue weighted by molar-refractivity contribution is 5.85. The lowest BCUT2D eigenvalue weighted by Crippen LogP contribution is -2.56. The van der Waals surface area contributed by atoms with E-state index in [1.807, 2.05) is 0 Å². The molecular formula is C9H18N2O. The molecule has 0 spiro atoms. The number of nitrogens with zero attached hydrogens (tertiary/aromatic N) is 1. The van der Waals surface area contributed by atoms with Gasteiger partial charge in [0.25, 0.3) is 0 Å². The first kappa shape index (κ1) is 9.52. The molecule has 1 N–H and O–H groups in total. The highest BCUT2D eigenvalue weighted by Crippen LogP contribution is 2.22. The Morgan fingerprint density at radius 1 is 1.42 bits per heavy atom. The number of methoxy groups -OCH3 is 1. The third-order valence-electron chi connectivity index (χ3n) is 2.21. The zero-order valence-corrected chi connectivity index (χ0v) is 8.35. The van der Waals surface area contributed by atoms with E-state index in [9.17, 15) is 0 Å². The maximum Gasteiger partial charge on any atom is 0.101 e. The Morgan fingerprint density at radius 3 is 2.25 bits per heavy atom. The first-order valence-electron chi connectivity index (χ1n) is 4.32. The fourth-order valence-electron chi connectivity index (χ4n) is 1.24. The van der Waals surface area contributed by atoms with Crippen LogP contribution in [0, 0.1) is 10.8 Å². The lowest BCUT2D eigenvalue weighted by atomic mass is 9.92. The molecule has 12 heavy (non-hydrogen) atoms. The van der Waals surface area contributed by atoms with Gasteiger partial charge in [-0.3, -0.25) is 5.41 Å². The van der Waals surface area contributed by atoms with Crippen LogP contribution in [0.1, 0.15) is 20.8 Å². The molecule has 0 aliphatic carbocycles. The van der Waals surface area contributed by atoms with E-state index in [2.05, 4.69) is 25.7 Å². The molecule has 0 aromatic rings. The van der Waals surface area contributed by atoms with Crippen LogP contribution in [0.5, 0.6) is 0 Å². The van der Waals surface area contributed by atoms with Gasteiger partial charge in [-0.2, -0.15) is 0 Å². The monoisotopic (exact) mass is 170 g/mol. The summed E-state index contributed by atoms with van der Waals surface area (Å²) in [7, 11) is 1.72. The van der Waals surface area contributed by atoms with Crippen LogP contribution >= 0.6 is 0 Å². The van der Waals surface area contributed by atoms with E-state index in [0.29, 0.717) is 6.10 Å². The second-order valence-electron chi connectivity index (χ2n) is 4.36. The molecule has 0 saturated carbocycles. The van der Waals surface area contributed by atoms with Crippen molar-refractivity contribution in [1.29, 1.82) is 5.41 Å². The van der Waals surface area contributed by atoms with Crippen molar-refractivity contribution in [3.8, 4) is 0 Å². The van der Waals surface area contributed by atoms with Crippen LogP contribution < -0.4 is 0 Å². The van der Waals surface area contributed by atoms with Gasteiger partial charge < -0.3 is 9.64 Å². The zero-order chi connectivity index (χ0) is 9.35. The van der Waals surface area contributed by atoms with Crippen molar-refractivity contribution < 1.29 is 4.74 Å². The number of likely N-dealkylation sites (tertiary alicyclic amines) is 1.